The highest BCUT2D eigenvalue weighted by atomic mass is 79.9. The van der Waals surface area contributed by atoms with Gasteiger partial charge in [-0.2, -0.15) is 0 Å². The number of anilines is 1. The van der Waals surface area contributed by atoms with Gasteiger partial charge < -0.3 is 9.64 Å². The van der Waals surface area contributed by atoms with Gasteiger partial charge in [0, 0.05) is 13.1 Å². The third-order valence-electron chi connectivity index (χ3n) is 3.88. The van der Waals surface area contributed by atoms with Gasteiger partial charge in [0.15, 0.2) is 0 Å². The van der Waals surface area contributed by atoms with Crippen molar-refractivity contribution in [3.05, 3.63) is 27.5 Å². The highest BCUT2D eigenvalue weighted by molar-refractivity contribution is 9.11. The van der Waals surface area contributed by atoms with Crippen LogP contribution < -0.4 is 9.64 Å². The van der Waals surface area contributed by atoms with E-state index in [4.69, 9.17) is 16.3 Å². The first kappa shape index (κ1) is 16.0. The minimum Gasteiger partial charge on any atom is -0.467 e. The Morgan fingerprint density at radius 1 is 1.27 bits per heavy atom. The number of aromatic nitrogens is 3. The molecular formula is C14H16BrClN4OS. The predicted octanol–water partition coefficient (Wildman–Crippen LogP) is 4.03. The van der Waals surface area contributed by atoms with Crippen molar-refractivity contribution >= 4 is 44.7 Å². The minimum absolute atomic E-state index is 0.163. The van der Waals surface area contributed by atoms with Crippen molar-refractivity contribution in [3.8, 4) is 5.19 Å². The summed E-state index contributed by atoms with van der Waals surface area (Å²) in [6, 6.07) is 0. The Balaban J connectivity index is 1.53. The Hall–Kier alpha value is -0.920. The second-order valence-electron chi connectivity index (χ2n) is 5.28. The summed E-state index contributed by atoms with van der Waals surface area (Å²) >= 11 is 10.7. The summed E-state index contributed by atoms with van der Waals surface area (Å²) in [5, 5.41) is 1.15. The molecule has 1 saturated heterocycles. The Labute approximate surface area is 146 Å². The predicted molar refractivity (Wildman–Crippen MR) is 91.9 cm³/mol. The number of rotatable bonds is 4. The standard InChI is InChI=1S/C14H16BrClN4OS/c1-9(21-14-19-6-11(15)22-14)10-2-4-20(5-3-10)13-8-17-12(16)7-18-13/h6-10H,2-5H2,1H3. The fourth-order valence-corrected chi connectivity index (χ4v) is 3.81. The molecule has 2 aromatic heterocycles. The van der Waals surface area contributed by atoms with Crippen LogP contribution in [0.3, 0.4) is 0 Å². The van der Waals surface area contributed by atoms with Crippen molar-refractivity contribution < 1.29 is 4.74 Å². The number of hydrogen-bond donors (Lipinski definition) is 0. The molecule has 1 aliphatic heterocycles. The molecule has 1 atom stereocenters. The van der Waals surface area contributed by atoms with Crippen LogP contribution in [0.2, 0.25) is 5.15 Å². The molecule has 5 nitrogen and oxygen atoms in total. The first-order valence-corrected chi connectivity index (χ1v) is 9.11. The second kappa shape index (κ2) is 7.10. The van der Waals surface area contributed by atoms with Gasteiger partial charge in [0.1, 0.15) is 17.1 Å². The highest BCUT2D eigenvalue weighted by Crippen LogP contribution is 2.30. The van der Waals surface area contributed by atoms with E-state index in [9.17, 15) is 0 Å². The van der Waals surface area contributed by atoms with Crippen LogP contribution in [0.15, 0.2) is 22.4 Å². The number of thiazole rings is 1. The van der Waals surface area contributed by atoms with Crippen molar-refractivity contribution in [2.45, 2.75) is 25.9 Å². The van der Waals surface area contributed by atoms with Crippen molar-refractivity contribution in [1.29, 1.82) is 0 Å². The fraction of sp³-hybridized carbons (Fsp3) is 0.500. The molecule has 22 heavy (non-hydrogen) atoms. The van der Waals surface area contributed by atoms with Crippen LogP contribution in [0, 0.1) is 5.92 Å². The summed E-state index contributed by atoms with van der Waals surface area (Å²) in [5.74, 6) is 1.42. The van der Waals surface area contributed by atoms with Crippen LogP contribution in [0.1, 0.15) is 19.8 Å². The SMILES string of the molecule is CC(Oc1ncc(Br)s1)C1CCN(c2cnc(Cl)cn2)CC1. The zero-order chi connectivity index (χ0) is 15.5. The molecule has 8 heteroatoms. The highest BCUT2D eigenvalue weighted by Gasteiger charge is 2.26. The molecule has 2 aromatic rings. The van der Waals surface area contributed by atoms with E-state index in [2.05, 4.69) is 42.7 Å². The van der Waals surface area contributed by atoms with Crippen molar-refractivity contribution in [1.82, 2.24) is 15.0 Å². The first-order valence-electron chi connectivity index (χ1n) is 7.12. The third-order valence-corrected chi connectivity index (χ3v) is 5.44. The van der Waals surface area contributed by atoms with E-state index in [1.165, 1.54) is 11.3 Å². The van der Waals surface area contributed by atoms with Crippen molar-refractivity contribution in [3.63, 3.8) is 0 Å². The summed E-state index contributed by atoms with van der Waals surface area (Å²) in [7, 11) is 0. The number of piperidine rings is 1. The molecule has 1 fully saturated rings. The first-order chi connectivity index (χ1) is 10.6. The van der Waals surface area contributed by atoms with Gasteiger partial charge in [-0.3, -0.25) is 0 Å². The van der Waals surface area contributed by atoms with Gasteiger partial charge >= 0.3 is 0 Å². The number of hydrogen-bond acceptors (Lipinski definition) is 6. The van der Waals surface area contributed by atoms with E-state index in [1.54, 1.807) is 18.6 Å². The molecule has 0 spiro atoms. The molecule has 3 heterocycles. The Kier molecular flexibility index (Phi) is 5.15. The van der Waals surface area contributed by atoms with Gasteiger partial charge in [-0.25, -0.2) is 15.0 Å². The summed E-state index contributed by atoms with van der Waals surface area (Å²) < 4.78 is 6.94. The Morgan fingerprint density at radius 3 is 2.64 bits per heavy atom. The quantitative estimate of drug-likeness (QED) is 0.771. The van der Waals surface area contributed by atoms with Gasteiger partial charge in [-0.05, 0) is 41.6 Å². The van der Waals surface area contributed by atoms with Crippen LogP contribution in [0.4, 0.5) is 5.82 Å². The summed E-state index contributed by atoms with van der Waals surface area (Å²) in [5.41, 5.74) is 0. The molecule has 0 bridgehead atoms. The molecule has 1 aliphatic rings. The fourth-order valence-electron chi connectivity index (χ4n) is 2.62. The normalized spacial score (nSPS) is 17.5. The van der Waals surface area contributed by atoms with Crippen LogP contribution in [-0.4, -0.2) is 34.1 Å². The molecule has 1 unspecified atom stereocenters. The number of nitrogens with zero attached hydrogens (tertiary/aromatic N) is 4. The van der Waals surface area contributed by atoms with Crippen LogP contribution in [0.25, 0.3) is 0 Å². The molecule has 0 radical (unpaired) electrons. The molecule has 118 valence electrons. The zero-order valence-electron chi connectivity index (χ0n) is 12.1. The van der Waals surface area contributed by atoms with Gasteiger partial charge in [-0.15, -0.1) is 0 Å². The molecule has 0 aromatic carbocycles. The summed E-state index contributed by atoms with van der Waals surface area (Å²) in [6.07, 6.45) is 7.39. The average Bonchev–Trinajstić information content (AvgIpc) is 2.93. The average molecular weight is 404 g/mol. The Morgan fingerprint density at radius 2 is 2.05 bits per heavy atom. The smallest absolute Gasteiger partial charge is 0.274 e. The maximum absolute atomic E-state index is 5.94. The largest absolute Gasteiger partial charge is 0.467 e. The monoisotopic (exact) mass is 402 g/mol. The van der Waals surface area contributed by atoms with E-state index in [1.807, 2.05) is 0 Å². The van der Waals surface area contributed by atoms with E-state index in [0.717, 1.165) is 40.7 Å². The van der Waals surface area contributed by atoms with Crippen molar-refractivity contribution in [2.75, 3.05) is 18.0 Å². The lowest BCUT2D eigenvalue weighted by Crippen LogP contribution is -2.39. The molecular weight excluding hydrogens is 388 g/mol. The van der Waals surface area contributed by atoms with Gasteiger partial charge in [0.05, 0.1) is 22.4 Å². The second-order valence-corrected chi connectivity index (χ2v) is 8.03. The topological polar surface area (TPSA) is 51.1 Å². The molecule has 0 saturated carbocycles. The van der Waals surface area contributed by atoms with Crippen LogP contribution >= 0.6 is 38.9 Å². The zero-order valence-corrected chi connectivity index (χ0v) is 15.2. The third kappa shape index (κ3) is 3.88. The minimum atomic E-state index is 0.163. The van der Waals surface area contributed by atoms with Crippen LogP contribution in [0.5, 0.6) is 5.19 Å². The van der Waals surface area contributed by atoms with Crippen LogP contribution in [-0.2, 0) is 0 Å². The van der Waals surface area contributed by atoms with Crippen molar-refractivity contribution in [2.24, 2.45) is 5.92 Å². The number of ether oxygens (including phenoxy) is 1. The lowest BCUT2D eigenvalue weighted by atomic mass is 9.92. The van der Waals surface area contributed by atoms with E-state index in [-0.39, 0.29) is 6.10 Å². The Bertz CT molecular complexity index is 616. The molecule has 0 aliphatic carbocycles. The maximum atomic E-state index is 5.94. The molecule has 0 N–H and O–H groups in total. The van der Waals surface area contributed by atoms with Gasteiger partial charge in [0.25, 0.3) is 5.19 Å². The van der Waals surface area contributed by atoms with E-state index < -0.39 is 0 Å². The van der Waals surface area contributed by atoms with E-state index >= 15 is 0 Å². The van der Waals surface area contributed by atoms with Gasteiger partial charge in [0.2, 0.25) is 0 Å². The molecule has 3 rings (SSSR count). The lowest BCUT2D eigenvalue weighted by Gasteiger charge is -2.34. The number of halogens is 2. The molecule has 0 amide bonds. The summed E-state index contributed by atoms with van der Waals surface area (Å²) in [6.45, 7) is 4.03. The summed E-state index contributed by atoms with van der Waals surface area (Å²) in [4.78, 5) is 14.9. The maximum Gasteiger partial charge on any atom is 0.274 e. The lowest BCUT2D eigenvalue weighted by molar-refractivity contribution is 0.132. The van der Waals surface area contributed by atoms with Gasteiger partial charge in [-0.1, -0.05) is 22.9 Å². The van der Waals surface area contributed by atoms with E-state index in [0.29, 0.717) is 11.1 Å².